The normalized spacial score (nSPS) is 18.4. The van der Waals surface area contributed by atoms with Crippen LogP contribution in [0.5, 0.6) is 5.75 Å². The number of hydrogen-bond acceptors (Lipinski definition) is 5. The summed E-state index contributed by atoms with van der Waals surface area (Å²) >= 11 is 0. The summed E-state index contributed by atoms with van der Waals surface area (Å²) in [6, 6.07) is 7.86. The molecule has 0 saturated carbocycles. The lowest BCUT2D eigenvalue weighted by Gasteiger charge is -2.28. The maximum atomic E-state index is 11.4. The van der Waals surface area contributed by atoms with Crippen molar-refractivity contribution in [2.75, 3.05) is 27.4 Å². The monoisotopic (exact) mass is 265 g/mol. The van der Waals surface area contributed by atoms with E-state index in [1.165, 1.54) is 7.11 Å². The molecule has 0 spiro atoms. The van der Waals surface area contributed by atoms with Crippen LogP contribution >= 0.6 is 0 Å². The lowest BCUT2D eigenvalue weighted by atomic mass is 10.0. The van der Waals surface area contributed by atoms with Gasteiger partial charge in [-0.05, 0) is 18.9 Å². The molecule has 1 aromatic carbocycles. The van der Waals surface area contributed by atoms with Crippen molar-refractivity contribution in [3.05, 3.63) is 29.8 Å². The smallest absolute Gasteiger partial charge is 0.322 e. The molecular formula is C14H19NO4. The molecule has 0 saturated heterocycles. The number of benzene rings is 1. The van der Waals surface area contributed by atoms with Crippen molar-refractivity contribution in [2.45, 2.75) is 18.9 Å². The topological polar surface area (TPSA) is 48.0 Å². The van der Waals surface area contributed by atoms with Crippen LogP contribution in [0.2, 0.25) is 0 Å². The van der Waals surface area contributed by atoms with Crippen molar-refractivity contribution in [1.29, 1.82) is 0 Å². The lowest BCUT2D eigenvalue weighted by molar-refractivity contribution is -0.183. The van der Waals surface area contributed by atoms with E-state index in [1.54, 1.807) is 12.2 Å². The van der Waals surface area contributed by atoms with Gasteiger partial charge in [0.1, 0.15) is 12.3 Å². The molecule has 104 valence electrons. The van der Waals surface area contributed by atoms with Gasteiger partial charge in [-0.25, -0.2) is 0 Å². The Labute approximate surface area is 113 Å². The zero-order valence-electron chi connectivity index (χ0n) is 11.3. The largest absolute Gasteiger partial charge is 0.493 e. The molecule has 0 bridgehead atoms. The average molecular weight is 265 g/mol. The molecule has 0 fully saturated rings. The first kappa shape index (κ1) is 13.8. The Balaban J connectivity index is 2.24. The number of rotatable bonds is 4. The van der Waals surface area contributed by atoms with E-state index in [2.05, 4.69) is 0 Å². The van der Waals surface area contributed by atoms with Gasteiger partial charge in [-0.3, -0.25) is 4.79 Å². The van der Waals surface area contributed by atoms with Gasteiger partial charge in [0.15, 0.2) is 0 Å². The molecule has 1 atom stereocenters. The first-order valence-corrected chi connectivity index (χ1v) is 6.35. The van der Waals surface area contributed by atoms with Gasteiger partial charge >= 0.3 is 5.97 Å². The number of nitrogens with zero attached hydrogens (tertiary/aromatic N) is 1. The van der Waals surface area contributed by atoms with E-state index in [1.807, 2.05) is 24.3 Å². The van der Waals surface area contributed by atoms with Crippen molar-refractivity contribution in [1.82, 2.24) is 5.06 Å². The molecule has 0 radical (unpaired) electrons. The fourth-order valence-corrected chi connectivity index (χ4v) is 2.29. The van der Waals surface area contributed by atoms with Crippen LogP contribution in [0.4, 0.5) is 0 Å². The highest BCUT2D eigenvalue weighted by atomic mass is 16.7. The summed E-state index contributed by atoms with van der Waals surface area (Å²) in [6.07, 6.45) is 1.79. The Morgan fingerprint density at radius 3 is 2.95 bits per heavy atom. The molecule has 5 heteroatoms. The van der Waals surface area contributed by atoms with E-state index in [9.17, 15) is 4.79 Å². The Morgan fingerprint density at radius 1 is 1.42 bits per heavy atom. The molecule has 1 aromatic rings. The molecule has 1 aliphatic rings. The van der Waals surface area contributed by atoms with Gasteiger partial charge in [-0.1, -0.05) is 18.2 Å². The molecular weight excluding hydrogens is 246 g/mol. The van der Waals surface area contributed by atoms with E-state index < -0.39 is 0 Å². The number of methoxy groups -OCH3 is 1. The van der Waals surface area contributed by atoms with Gasteiger partial charge in [0.05, 0.1) is 26.9 Å². The number of esters is 1. The van der Waals surface area contributed by atoms with Crippen molar-refractivity contribution < 1.29 is 19.1 Å². The highest BCUT2D eigenvalue weighted by molar-refractivity contribution is 5.71. The average Bonchev–Trinajstić information content (AvgIpc) is 2.67. The number of carbonyl (C=O) groups is 1. The molecule has 0 aliphatic carbocycles. The molecule has 0 aromatic heterocycles. The van der Waals surface area contributed by atoms with Crippen molar-refractivity contribution in [3.63, 3.8) is 0 Å². The van der Waals surface area contributed by atoms with Crippen LogP contribution in [0, 0.1) is 0 Å². The number of hydroxylamine groups is 2. The Kier molecular flexibility index (Phi) is 4.76. The Bertz CT molecular complexity index is 435. The van der Waals surface area contributed by atoms with Gasteiger partial charge < -0.3 is 14.3 Å². The summed E-state index contributed by atoms with van der Waals surface area (Å²) in [6.45, 7) is 0.787. The van der Waals surface area contributed by atoms with Crippen LogP contribution in [-0.2, 0) is 14.4 Å². The van der Waals surface area contributed by atoms with Gasteiger partial charge in [0, 0.05) is 5.56 Å². The SMILES string of the molecule is COC(=O)CN(OC)[C@H]1CCCOc2ccccc21. The van der Waals surface area contributed by atoms with Gasteiger partial charge in [0.25, 0.3) is 0 Å². The predicted molar refractivity (Wildman–Crippen MR) is 69.6 cm³/mol. The maximum Gasteiger partial charge on any atom is 0.322 e. The minimum atomic E-state index is -0.315. The minimum absolute atomic E-state index is 0.00259. The van der Waals surface area contributed by atoms with Gasteiger partial charge in [-0.15, -0.1) is 0 Å². The molecule has 2 rings (SSSR count). The molecule has 5 nitrogen and oxygen atoms in total. The molecule has 1 aliphatic heterocycles. The molecule has 0 N–H and O–H groups in total. The summed E-state index contributed by atoms with van der Waals surface area (Å²) in [5.41, 5.74) is 1.05. The van der Waals surface area contributed by atoms with Crippen LogP contribution in [0.25, 0.3) is 0 Å². The number of para-hydroxylation sites is 1. The standard InChI is InChI=1S/C14H19NO4/c1-17-14(16)10-15(18-2)12-7-5-9-19-13-8-4-3-6-11(12)13/h3-4,6,8,12H,5,7,9-10H2,1-2H3/t12-/m0/s1. The molecule has 0 unspecified atom stereocenters. The van der Waals surface area contributed by atoms with E-state index >= 15 is 0 Å². The first-order chi connectivity index (χ1) is 9.26. The van der Waals surface area contributed by atoms with E-state index in [0.29, 0.717) is 6.61 Å². The van der Waals surface area contributed by atoms with E-state index in [-0.39, 0.29) is 18.6 Å². The Morgan fingerprint density at radius 2 is 2.21 bits per heavy atom. The molecule has 19 heavy (non-hydrogen) atoms. The number of hydrogen-bond donors (Lipinski definition) is 0. The quantitative estimate of drug-likeness (QED) is 0.615. The number of ether oxygens (including phenoxy) is 2. The van der Waals surface area contributed by atoms with Gasteiger partial charge in [-0.2, -0.15) is 5.06 Å². The fourth-order valence-electron chi connectivity index (χ4n) is 2.29. The van der Waals surface area contributed by atoms with Crippen molar-refractivity contribution >= 4 is 5.97 Å². The second kappa shape index (κ2) is 6.54. The van der Waals surface area contributed by atoms with Crippen LogP contribution < -0.4 is 4.74 Å². The molecule has 1 heterocycles. The second-order valence-electron chi connectivity index (χ2n) is 4.38. The number of carbonyl (C=O) groups excluding carboxylic acids is 1. The fraction of sp³-hybridized carbons (Fsp3) is 0.500. The maximum absolute atomic E-state index is 11.4. The molecule has 0 amide bonds. The van der Waals surface area contributed by atoms with Crippen molar-refractivity contribution in [2.24, 2.45) is 0 Å². The Hall–Kier alpha value is -1.59. The summed E-state index contributed by atoms with van der Waals surface area (Å²) in [7, 11) is 2.94. The summed E-state index contributed by atoms with van der Waals surface area (Å²) in [5.74, 6) is 0.543. The van der Waals surface area contributed by atoms with E-state index in [4.69, 9.17) is 14.3 Å². The zero-order chi connectivity index (χ0) is 13.7. The second-order valence-corrected chi connectivity index (χ2v) is 4.38. The third kappa shape index (κ3) is 3.24. The highest BCUT2D eigenvalue weighted by Crippen LogP contribution is 2.35. The summed E-state index contributed by atoms with van der Waals surface area (Å²) < 4.78 is 10.4. The van der Waals surface area contributed by atoms with Crippen LogP contribution in [0.1, 0.15) is 24.4 Å². The summed E-state index contributed by atoms with van der Waals surface area (Å²) in [4.78, 5) is 16.8. The summed E-state index contributed by atoms with van der Waals surface area (Å²) in [5, 5.41) is 1.65. The highest BCUT2D eigenvalue weighted by Gasteiger charge is 2.27. The predicted octanol–water partition coefficient (Wildman–Crippen LogP) is 1.94. The lowest BCUT2D eigenvalue weighted by Crippen LogP contribution is -2.33. The third-order valence-electron chi connectivity index (χ3n) is 3.25. The van der Waals surface area contributed by atoms with Crippen LogP contribution in [0.3, 0.4) is 0 Å². The number of fused-ring (bicyclic) bond motifs is 1. The van der Waals surface area contributed by atoms with Crippen LogP contribution in [-0.4, -0.2) is 38.4 Å². The van der Waals surface area contributed by atoms with Crippen molar-refractivity contribution in [3.8, 4) is 5.75 Å². The third-order valence-corrected chi connectivity index (χ3v) is 3.25. The minimum Gasteiger partial charge on any atom is -0.493 e. The van der Waals surface area contributed by atoms with Gasteiger partial charge in [0.2, 0.25) is 0 Å². The first-order valence-electron chi connectivity index (χ1n) is 6.35. The van der Waals surface area contributed by atoms with E-state index in [0.717, 1.165) is 24.2 Å². The van der Waals surface area contributed by atoms with Crippen LogP contribution in [0.15, 0.2) is 24.3 Å². The zero-order valence-corrected chi connectivity index (χ0v) is 11.3.